The van der Waals surface area contributed by atoms with Gasteiger partial charge in [0.05, 0.1) is 29.2 Å². The highest BCUT2D eigenvalue weighted by molar-refractivity contribution is 6.03. The second-order valence-corrected chi connectivity index (χ2v) is 8.20. The molecule has 6 heteroatoms. The van der Waals surface area contributed by atoms with Gasteiger partial charge in [-0.25, -0.2) is 5.43 Å². The van der Waals surface area contributed by atoms with E-state index in [0.29, 0.717) is 0 Å². The van der Waals surface area contributed by atoms with E-state index < -0.39 is 5.91 Å². The van der Waals surface area contributed by atoms with Crippen molar-refractivity contribution in [1.29, 1.82) is 0 Å². The normalized spacial score (nSPS) is 15.3. The van der Waals surface area contributed by atoms with E-state index in [1.165, 1.54) is 11.6 Å². The van der Waals surface area contributed by atoms with Gasteiger partial charge in [0.2, 0.25) is 0 Å². The highest BCUT2D eigenvalue weighted by Gasteiger charge is 2.29. The van der Waals surface area contributed by atoms with Crippen LogP contribution in [0.2, 0.25) is 0 Å². The van der Waals surface area contributed by atoms with Crippen LogP contribution in [0.5, 0.6) is 5.75 Å². The van der Waals surface area contributed by atoms with Crippen molar-refractivity contribution in [3.63, 3.8) is 0 Å². The lowest BCUT2D eigenvalue weighted by atomic mass is 9.98. The average Bonchev–Trinajstić information content (AvgIpc) is 3.36. The zero-order chi connectivity index (χ0) is 24.0. The maximum Gasteiger partial charge on any atom is 0.275 e. The van der Waals surface area contributed by atoms with Crippen LogP contribution in [0.25, 0.3) is 0 Å². The number of hydrogen-bond donors (Lipinski definition) is 2. The van der Waals surface area contributed by atoms with Crippen LogP contribution in [0.1, 0.15) is 39.5 Å². The Bertz CT molecular complexity index is 1370. The van der Waals surface area contributed by atoms with Gasteiger partial charge in [-0.15, -0.1) is 0 Å². The van der Waals surface area contributed by atoms with Gasteiger partial charge < -0.3 is 5.11 Å². The Morgan fingerprint density at radius 1 is 0.886 bits per heavy atom. The molecule has 0 fully saturated rings. The summed E-state index contributed by atoms with van der Waals surface area (Å²) in [7, 11) is 0. The predicted molar refractivity (Wildman–Crippen MR) is 139 cm³/mol. The highest BCUT2D eigenvalue weighted by atomic mass is 16.3. The molecule has 5 rings (SSSR count). The van der Waals surface area contributed by atoms with Crippen molar-refractivity contribution in [2.24, 2.45) is 10.2 Å². The molecule has 1 aliphatic heterocycles. The number of phenols is 1. The summed E-state index contributed by atoms with van der Waals surface area (Å²) in [6, 6.07) is 35.0. The Morgan fingerprint density at radius 3 is 2.26 bits per heavy atom. The summed E-state index contributed by atoms with van der Waals surface area (Å²) in [5.74, 6) is -0.555. The van der Waals surface area contributed by atoms with E-state index >= 15 is 0 Å². The number of phenolic OH excluding ortho intramolecular Hbond substituents is 1. The largest absolute Gasteiger partial charge is 0.507 e. The molecule has 4 aromatic carbocycles. The molecule has 1 atom stereocenters. The van der Waals surface area contributed by atoms with E-state index in [1.54, 1.807) is 24.4 Å². The number of anilines is 1. The van der Waals surface area contributed by atoms with Crippen LogP contribution in [-0.4, -0.2) is 22.9 Å². The minimum atomic E-state index is -0.471. The van der Waals surface area contributed by atoms with Crippen molar-refractivity contribution in [3.8, 4) is 5.75 Å². The lowest BCUT2D eigenvalue weighted by Gasteiger charge is -2.24. The number of carbonyl (C=O) groups is 1. The van der Waals surface area contributed by atoms with E-state index in [2.05, 4.69) is 51.9 Å². The number of benzene rings is 4. The molecule has 0 saturated heterocycles. The summed E-state index contributed by atoms with van der Waals surface area (Å²) in [5, 5.41) is 20.9. The number of aromatic hydroxyl groups is 1. The SMILES string of the molecule is O=C(NN=Cc1ccc(N2N=C(c3ccccc3)CC2c2ccccc2)cc1)c1ccccc1O. The molecule has 4 aromatic rings. The quantitative estimate of drug-likeness (QED) is 0.294. The van der Waals surface area contributed by atoms with E-state index in [9.17, 15) is 9.90 Å². The van der Waals surface area contributed by atoms with Gasteiger partial charge in [-0.1, -0.05) is 84.9 Å². The third-order valence-corrected chi connectivity index (χ3v) is 5.89. The molecule has 6 nitrogen and oxygen atoms in total. The van der Waals surface area contributed by atoms with Crippen LogP contribution < -0.4 is 10.4 Å². The van der Waals surface area contributed by atoms with Gasteiger partial charge in [0.1, 0.15) is 5.75 Å². The van der Waals surface area contributed by atoms with Crippen LogP contribution in [0.4, 0.5) is 5.69 Å². The van der Waals surface area contributed by atoms with Crippen molar-refractivity contribution in [1.82, 2.24) is 5.43 Å². The van der Waals surface area contributed by atoms with Crippen molar-refractivity contribution in [2.75, 3.05) is 5.01 Å². The molecule has 2 N–H and O–H groups in total. The third kappa shape index (κ3) is 4.96. The first kappa shape index (κ1) is 22.1. The summed E-state index contributed by atoms with van der Waals surface area (Å²) < 4.78 is 0. The van der Waals surface area contributed by atoms with E-state index in [4.69, 9.17) is 5.10 Å². The average molecular weight is 461 g/mol. The smallest absolute Gasteiger partial charge is 0.275 e. The summed E-state index contributed by atoms with van der Waals surface area (Å²) in [5.41, 5.74) is 7.81. The lowest BCUT2D eigenvalue weighted by molar-refractivity contribution is 0.0952. The molecule has 0 aliphatic carbocycles. The molecular formula is C29H24N4O2. The molecule has 1 heterocycles. The first-order valence-electron chi connectivity index (χ1n) is 11.4. The molecule has 1 amide bonds. The van der Waals surface area contributed by atoms with Crippen LogP contribution in [0.15, 0.2) is 119 Å². The molecule has 172 valence electrons. The summed E-state index contributed by atoms with van der Waals surface area (Å²) >= 11 is 0. The van der Waals surface area contributed by atoms with Crippen molar-refractivity contribution in [3.05, 3.63) is 131 Å². The number of hydrogen-bond acceptors (Lipinski definition) is 5. The topological polar surface area (TPSA) is 77.3 Å². The molecule has 0 saturated carbocycles. The molecule has 0 aromatic heterocycles. The van der Waals surface area contributed by atoms with Crippen LogP contribution >= 0.6 is 0 Å². The number of para-hydroxylation sites is 1. The van der Waals surface area contributed by atoms with Crippen molar-refractivity contribution >= 4 is 23.5 Å². The fourth-order valence-corrected chi connectivity index (χ4v) is 4.09. The standard InChI is InChI=1S/C29H24N4O2/c34-28-14-8-7-13-25(28)29(35)31-30-20-21-15-17-24(18-16-21)33-27(23-11-5-2-6-12-23)19-26(32-33)22-9-3-1-4-10-22/h1-18,20,27,34H,19H2,(H,31,35). The number of nitrogens with zero attached hydrogens (tertiary/aromatic N) is 3. The monoisotopic (exact) mass is 460 g/mol. The predicted octanol–water partition coefficient (Wildman–Crippen LogP) is 5.51. The number of amides is 1. The minimum absolute atomic E-state index is 0.0847. The second-order valence-electron chi connectivity index (χ2n) is 8.20. The Hall–Kier alpha value is -4.71. The molecule has 0 radical (unpaired) electrons. The number of hydrazone groups is 2. The summed E-state index contributed by atoms with van der Waals surface area (Å²) in [6.45, 7) is 0. The summed E-state index contributed by atoms with van der Waals surface area (Å²) in [4.78, 5) is 12.2. The van der Waals surface area contributed by atoms with E-state index in [-0.39, 0.29) is 17.4 Å². The van der Waals surface area contributed by atoms with Gasteiger partial charge in [0.25, 0.3) is 5.91 Å². The first-order valence-corrected chi connectivity index (χ1v) is 11.4. The van der Waals surface area contributed by atoms with Crippen molar-refractivity contribution < 1.29 is 9.90 Å². The Kier molecular flexibility index (Phi) is 6.35. The number of carbonyl (C=O) groups excluding carboxylic acids is 1. The number of nitrogens with one attached hydrogen (secondary N) is 1. The van der Waals surface area contributed by atoms with Gasteiger partial charge in [-0.05, 0) is 41.0 Å². The lowest BCUT2D eigenvalue weighted by Crippen LogP contribution is -2.18. The third-order valence-electron chi connectivity index (χ3n) is 5.89. The fourth-order valence-electron chi connectivity index (χ4n) is 4.09. The molecule has 0 bridgehead atoms. The van der Waals surface area contributed by atoms with Crippen LogP contribution in [-0.2, 0) is 0 Å². The van der Waals surface area contributed by atoms with E-state index in [1.807, 2.05) is 48.5 Å². The maximum atomic E-state index is 12.2. The van der Waals surface area contributed by atoms with Gasteiger partial charge in [-0.3, -0.25) is 9.80 Å². The Morgan fingerprint density at radius 2 is 1.54 bits per heavy atom. The molecule has 1 aliphatic rings. The minimum Gasteiger partial charge on any atom is -0.507 e. The molecular weight excluding hydrogens is 436 g/mol. The van der Waals surface area contributed by atoms with Gasteiger partial charge >= 0.3 is 0 Å². The molecule has 0 spiro atoms. The second kappa shape index (κ2) is 10.1. The van der Waals surface area contributed by atoms with Gasteiger partial charge in [-0.2, -0.15) is 10.2 Å². The van der Waals surface area contributed by atoms with E-state index in [0.717, 1.165) is 28.9 Å². The molecule has 1 unspecified atom stereocenters. The highest BCUT2D eigenvalue weighted by Crippen LogP contribution is 2.36. The maximum absolute atomic E-state index is 12.2. The zero-order valence-electron chi connectivity index (χ0n) is 19.0. The van der Waals surface area contributed by atoms with Crippen LogP contribution in [0.3, 0.4) is 0 Å². The Labute approximate surface area is 203 Å². The van der Waals surface area contributed by atoms with Gasteiger partial charge in [0.15, 0.2) is 0 Å². The van der Waals surface area contributed by atoms with Gasteiger partial charge in [0, 0.05) is 6.42 Å². The van der Waals surface area contributed by atoms with Crippen LogP contribution in [0, 0.1) is 0 Å². The first-order chi connectivity index (χ1) is 17.2. The Balaban J connectivity index is 1.34. The molecule has 35 heavy (non-hydrogen) atoms. The van der Waals surface area contributed by atoms with Crippen molar-refractivity contribution in [2.45, 2.75) is 12.5 Å². The summed E-state index contributed by atoms with van der Waals surface area (Å²) in [6.07, 6.45) is 2.38. The fraction of sp³-hybridized carbons (Fsp3) is 0.0690. The number of rotatable bonds is 6. The zero-order valence-corrected chi connectivity index (χ0v) is 19.0.